The van der Waals surface area contributed by atoms with E-state index < -0.39 is 59.6 Å². The second-order valence-corrected chi connectivity index (χ2v) is 23.0. The monoisotopic (exact) mass is 913 g/mol. The molecule has 4 unspecified atom stereocenters. The van der Waals surface area contributed by atoms with Crippen LogP contribution in [0.15, 0.2) is 12.2 Å². The first-order chi connectivity index (χ1) is 30.3. The van der Waals surface area contributed by atoms with E-state index in [1.54, 1.807) is 0 Å². The highest BCUT2D eigenvalue weighted by atomic mass is 16.8. The molecule has 7 fully saturated rings. The molecule has 0 aromatic heterocycles. The van der Waals surface area contributed by atoms with Gasteiger partial charge in [0.05, 0.1) is 30.8 Å². The van der Waals surface area contributed by atoms with Gasteiger partial charge in [0.15, 0.2) is 18.7 Å². The minimum atomic E-state index is -1.06. The van der Waals surface area contributed by atoms with Gasteiger partial charge in [-0.3, -0.25) is 24.0 Å². The largest absolute Gasteiger partial charge is 0.465 e. The van der Waals surface area contributed by atoms with Gasteiger partial charge in [0.2, 0.25) is 0 Å². The fourth-order valence-corrected chi connectivity index (χ4v) is 15.8. The van der Waals surface area contributed by atoms with Crippen LogP contribution in [0, 0.1) is 74.4 Å². The van der Waals surface area contributed by atoms with Gasteiger partial charge in [0.1, 0.15) is 12.2 Å². The number of hydrogen-bond acceptors (Lipinski definition) is 13. The van der Waals surface area contributed by atoms with Crippen molar-refractivity contribution in [2.45, 2.75) is 197 Å². The van der Waals surface area contributed by atoms with Crippen LogP contribution in [0.1, 0.15) is 154 Å². The van der Waals surface area contributed by atoms with Crippen LogP contribution < -0.4 is 0 Å². The second-order valence-electron chi connectivity index (χ2n) is 23.0. The van der Waals surface area contributed by atoms with E-state index in [4.69, 9.17) is 37.9 Å². The fourth-order valence-electron chi connectivity index (χ4n) is 15.8. The maximum absolute atomic E-state index is 14.0. The topological polar surface area (TPSA) is 159 Å². The molecule has 0 spiro atoms. The number of carbonyl (C=O) groups is 5. The van der Waals surface area contributed by atoms with Crippen molar-refractivity contribution in [1.82, 2.24) is 0 Å². The van der Waals surface area contributed by atoms with Gasteiger partial charge in [-0.25, -0.2) is 0 Å². The predicted molar refractivity (Wildman–Crippen MR) is 239 cm³/mol. The number of hydrogen-bond donors (Lipinski definition) is 0. The van der Waals surface area contributed by atoms with Gasteiger partial charge in [-0.2, -0.15) is 0 Å². The molecule has 65 heavy (non-hydrogen) atoms. The standard InChI is InChI=1S/C52H80O13/c1-27(2)36-17-22-52(47(57)63-35(10)56)24-23-50(13)37(41(36)52)15-16-39-48(11)20-19-40(49(12,26-59-32(7)53)38(48)18-21-51(39,50)14)64-45-43(29(4)28(3)25-58-45)65-46-44(62-34(9)55)42(61-33(8)54)30(5)31(6)60-46/h28-31,36-46H,1,15-26H2,2-14H3/t28-,29-,30-,31-,36-,37?,38?,39?,40-,41?,42+,43+,44+,45-,46-,48-,49-,50+,51+,52-/m0/s1. The smallest absolute Gasteiger partial charge is 0.320 e. The van der Waals surface area contributed by atoms with Crippen LogP contribution in [0.4, 0.5) is 0 Å². The van der Waals surface area contributed by atoms with Gasteiger partial charge < -0.3 is 37.9 Å². The molecule has 2 aliphatic heterocycles. The molecular formula is C52H80O13. The van der Waals surface area contributed by atoms with Crippen molar-refractivity contribution < 1.29 is 61.9 Å². The Labute approximate surface area is 387 Å². The zero-order valence-corrected chi connectivity index (χ0v) is 41.7. The first kappa shape index (κ1) is 50.0. The Bertz CT molecular complexity index is 1870. The third-order valence-corrected chi connectivity index (χ3v) is 19.6. The molecule has 0 N–H and O–H groups in total. The third kappa shape index (κ3) is 8.44. The zero-order valence-electron chi connectivity index (χ0n) is 41.7. The van der Waals surface area contributed by atoms with Gasteiger partial charge in [-0.1, -0.05) is 60.6 Å². The summed E-state index contributed by atoms with van der Waals surface area (Å²) in [5.41, 5.74) is -0.357. The van der Waals surface area contributed by atoms with Crippen molar-refractivity contribution in [1.29, 1.82) is 0 Å². The number of carbonyl (C=O) groups excluding carboxylic acids is 5. The summed E-state index contributed by atoms with van der Waals surface area (Å²) in [6, 6.07) is 0. The highest BCUT2D eigenvalue weighted by molar-refractivity contribution is 5.88. The number of rotatable bonds is 10. The molecule has 366 valence electrons. The minimum absolute atomic E-state index is 0.0376. The summed E-state index contributed by atoms with van der Waals surface area (Å²) in [7, 11) is 0. The summed E-state index contributed by atoms with van der Waals surface area (Å²) in [4.78, 5) is 63.7. The highest BCUT2D eigenvalue weighted by Gasteiger charge is 2.73. The number of esters is 5. The van der Waals surface area contributed by atoms with E-state index in [0.29, 0.717) is 25.4 Å². The summed E-state index contributed by atoms with van der Waals surface area (Å²) in [5, 5.41) is 0. The Morgan fingerprint density at radius 2 is 1.32 bits per heavy atom. The lowest BCUT2D eigenvalue weighted by Gasteiger charge is -2.73. The van der Waals surface area contributed by atoms with Crippen LogP contribution in [0.3, 0.4) is 0 Å². The van der Waals surface area contributed by atoms with E-state index >= 15 is 0 Å². The van der Waals surface area contributed by atoms with Crippen LogP contribution in [0.25, 0.3) is 0 Å². The predicted octanol–water partition coefficient (Wildman–Crippen LogP) is 8.92. The van der Waals surface area contributed by atoms with Crippen LogP contribution in [0.5, 0.6) is 0 Å². The molecule has 13 heteroatoms. The van der Waals surface area contributed by atoms with Crippen molar-refractivity contribution in [3.05, 3.63) is 12.2 Å². The van der Waals surface area contributed by atoms with Crippen LogP contribution in [-0.4, -0.2) is 86.2 Å². The lowest BCUT2D eigenvalue weighted by atomic mass is 9.32. The molecular weight excluding hydrogens is 833 g/mol. The maximum atomic E-state index is 14.0. The Hall–Kier alpha value is -2.87. The molecule has 0 radical (unpaired) electrons. The van der Waals surface area contributed by atoms with Crippen molar-refractivity contribution in [3.63, 3.8) is 0 Å². The van der Waals surface area contributed by atoms with Gasteiger partial charge in [0, 0.05) is 39.0 Å². The number of ether oxygens (including phenoxy) is 8. The molecule has 13 nitrogen and oxygen atoms in total. The highest BCUT2D eigenvalue weighted by Crippen LogP contribution is 2.78. The van der Waals surface area contributed by atoms with E-state index in [1.165, 1.54) is 27.7 Å². The summed E-state index contributed by atoms with van der Waals surface area (Å²) in [5.74, 6) is -1.41. The third-order valence-electron chi connectivity index (χ3n) is 19.6. The van der Waals surface area contributed by atoms with Crippen molar-refractivity contribution in [3.8, 4) is 0 Å². The molecule has 2 heterocycles. The molecule has 7 rings (SSSR count). The Morgan fingerprint density at radius 1 is 0.646 bits per heavy atom. The molecule has 0 aromatic rings. The SMILES string of the molecule is C=C(C)[C@@H]1CC[C@]2(C(=O)OC(C)=O)CC[C@]3(C)C(CCC4[C@@]5(C)CC[C@H](O[C@@H]6OC[C@H](C)[C@H](C)[C@H]6O[C@@H]6O[C@@H](C)[C@H](C)[C@@H](OC(C)=O)[C@H]6OC(C)=O)[C@@](C)(COC(C)=O)C5CC[C@]43C)C12. The van der Waals surface area contributed by atoms with Crippen molar-refractivity contribution in [2.24, 2.45) is 74.4 Å². The molecule has 0 bridgehead atoms. The molecule has 0 amide bonds. The maximum Gasteiger partial charge on any atom is 0.320 e. The van der Waals surface area contributed by atoms with E-state index in [9.17, 15) is 24.0 Å². The van der Waals surface area contributed by atoms with Gasteiger partial charge >= 0.3 is 29.8 Å². The minimum Gasteiger partial charge on any atom is -0.465 e. The van der Waals surface area contributed by atoms with Gasteiger partial charge in [-0.15, -0.1) is 0 Å². The molecule has 7 aliphatic rings. The average molecular weight is 913 g/mol. The van der Waals surface area contributed by atoms with Gasteiger partial charge in [-0.05, 0) is 136 Å². The Morgan fingerprint density at radius 3 is 1.95 bits per heavy atom. The van der Waals surface area contributed by atoms with Crippen molar-refractivity contribution in [2.75, 3.05) is 13.2 Å². The molecule has 0 aromatic carbocycles. The fraction of sp³-hybridized carbons (Fsp3) is 0.865. The first-order valence-electron chi connectivity index (χ1n) is 24.8. The summed E-state index contributed by atoms with van der Waals surface area (Å²) >= 11 is 0. The van der Waals surface area contributed by atoms with Crippen LogP contribution in [-0.2, 0) is 61.9 Å². The summed E-state index contributed by atoms with van der Waals surface area (Å²) in [6.45, 7) is 30.4. The first-order valence-corrected chi connectivity index (χ1v) is 24.8. The zero-order chi connectivity index (χ0) is 47.8. The molecule has 2 saturated heterocycles. The Kier molecular flexibility index (Phi) is 14.0. The summed E-state index contributed by atoms with van der Waals surface area (Å²) in [6.07, 6.45) is 3.71. The van der Waals surface area contributed by atoms with Crippen LogP contribution in [0.2, 0.25) is 0 Å². The lowest BCUT2D eigenvalue weighted by Crippen LogP contribution is -2.68. The van der Waals surface area contributed by atoms with Crippen molar-refractivity contribution >= 4 is 29.8 Å². The quantitative estimate of drug-likeness (QED) is 0.0673. The lowest BCUT2D eigenvalue weighted by molar-refractivity contribution is -0.354. The van der Waals surface area contributed by atoms with Crippen LogP contribution >= 0.6 is 0 Å². The van der Waals surface area contributed by atoms with Gasteiger partial charge in [0.25, 0.3) is 0 Å². The summed E-state index contributed by atoms with van der Waals surface area (Å²) < 4.78 is 50.2. The Balaban J connectivity index is 1.18. The normalized spacial score (nSPS) is 48.0. The average Bonchev–Trinajstić information content (AvgIpc) is 3.62. The van der Waals surface area contributed by atoms with E-state index in [-0.39, 0.29) is 88.4 Å². The number of fused-ring (bicyclic) bond motifs is 7. The molecule has 20 atom stereocenters. The van der Waals surface area contributed by atoms with E-state index in [2.05, 4.69) is 55.0 Å². The molecule has 5 saturated carbocycles. The van der Waals surface area contributed by atoms with E-state index in [1.807, 2.05) is 13.8 Å². The van der Waals surface area contributed by atoms with E-state index in [0.717, 1.165) is 56.9 Å². The second kappa shape index (κ2) is 18.2. The molecule has 5 aliphatic carbocycles. The number of allylic oxidation sites excluding steroid dienone is 1.